The fourth-order valence-electron chi connectivity index (χ4n) is 5.52. The lowest BCUT2D eigenvalue weighted by Gasteiger charge is -2.35. The number of aryl methyl sites for hydroxylation is 1. The monoisotopic (exact) mass is 618 g/mol. The number of carbonyl (C=O) groups excluding carboxylic acids is 3. The molecular formula is C35H60N3O6+. The van der Waals surface area contributed by atoms with E-state index in [0.29, 0.717) is 13.0 Å². The Bertz CT molecular complexity index is 937. The van der Waals surface area contributed by atoms with Crippen LogP contribution in [0.3, 0.4) is 0 Å². The molecule has 2 rings (SSSR count). The highest BCUT2D eigenvalue weighted by molar-refractivity contribution is 5.90. The topological polar surface area (TPSA) is 98.0 Å². The van der Waals surface area contributed by atoms with Crippen LogP contribution < -0.4 is 9.88 Å². The second kappa shape index (κ2) is 23.7. The summed E-state index contributed by atoms with van der Waals surface area (Å²) in [6.07, 6.45) is 22.1. The summed E-state index contributed by atoms with van der Waals surface area (Å²) in [5.74, 6) is -0.382. The maximum Gasteiger partial charge on any atom is 0.417 e. The fourth-order valence-corrected chi connectivity index (χ4v) is 5.52. The van der Waals surface area contributed by atoms with Gasteiger partial charge in [-0.2, -0.15) is 0 Å². The van der Waals surface area contributed by atoms with Crippen molar-refractivity contribution in [2.24, 2.45) is 0 Å². The van der Waals surface area contributed by atoms with Crippen molar-refractivity contribution in [3.8, 4) is 0 Å². The number of hydrogen-bond donors (Lipinski definition) is 1. The van der Waals surface area contributed by atoms with E-state index < -0.39 is 12.2 Å². The number of rotatable bonds is 24. The number of hydrogen-bond acceptors (Lipinski definition) is 6. The highest BCUT2D eigenvalue weighted by Crippen LogP contribution is 2.21. The summed E-state index contributed by atoms with van der Waals surface area (Å²) in [4.78, 5) is 37.7. The van der Waals surface area contributed by atoms with Crippen LogP contribution >= 0.6 is 0 Å². The first-order chi connectivity index (χ1) is 21.4. The maximum absolute atomic E-state index is 12.6. The van der Waals surface area contributed by atoms with Gasteiger partial charge < -0.3 is 19.5 Å². The number of imide groups is 1. The Balaban J connectivity index is 1.40. The molecule has 44 heavy (non-hydrogen) atoms. The van der Waals surface area contributed by atoms with Crippen LogP contribution in [0.4, 0.5) is 9.59 Å². The molecule has 1 aliphatic heterocycles. The molecule has 0 aromatic carbocycles. The molecule has 0 bridgehead atoms. The first-order valence-corrected chi connectivity index (χ1v) is 17.4. The van der Waals surface area contributed by atoms with Crippen molar-refractivity contribution in [2.75, 3.05) is 19.8 Å². The highest BCUT2D eigenvalue weighted by Gasteiger charge is 2.33. The predicted molar refractivity (Wildman–Crippen MR) is 172 cm³/mol. The van der Waals surface area contributed by atoms with Crippen molar-refractivity contribution in [1.82, 2.24) is 10.2 Å². The lowest BCUT2D eigenvalue weighted by molar-refractivity contribution is -0.701. The third kappa shape index (κ3) is 16.4. The minimum absolute atomic E-state index is 0.0487. The van der Waals surface area contributed by atoms with Gasteiger partial charge in [-0.1, -0.05) is 109 Å². The van der Waals surface area contributed by atoms with Gasteiger partial charge in [0.1, 0.15) is 26.3 Å². The predicted octanol–water partition coefficient (Wildman–Crippen LogP) is 7.62. The van der Waals surface area contributed by atoms with Gasteiger partial charge in [0.2, 0.25) is 11.6 Å². The first kappa shape index (κ1) is 37.5. The summed E-state index contributed by atoms with van der Waals surface area (Å²) in [5.41, 5.74) is 0.840. The van der Waals surface area contributed by atoms with Gasteiger partial charge in [0, 0.05) is 32.0 Å². The van der Waals surface area contributed by atoms with Gasteiger partial charge in [0.05, 0.1) is 12.2 Å². The maximum atomic E-state index is 12.6. The van der Waals surface area contributed by atoms with Crippen LogP contribution in [0.2, 0.25) is 0 Å². The molecule has 1 aromatic rings. The Morgan fingerprint density at radius 2 is 1.34 bits per heavy atom. The number of alkyl carbamates (subject to hydrolysis) is 1. The molecule has 0 radical (unpaired) electrons. The molecule has 250 valence electrons. The van der Waals surface area contributed by atoms with Gasteiger partial charge in [-0.3, -0.25) is 4.79 Å². The van der Waals surface area contributed by atoms with E-state index in [2.05, 4.69) is 12.2 Å². The number of nitrogens with one attached hydrogen (secondary N) is 1. The summed E-state index contributed by atoms with van der Waals surface area (Å²) in [6.45, 7) is 7.32. The van der Waals surface area contributed by atoms with E-state index >= 15 is 0 Å². The number of pyridine rings is 1. The van der Waals surface area contributed by atoms with Gasteiger partial charge in [0.25, 0.3) is 0 Å². The van der Waals surface area contributed by atoms with Crippen LogP contribution in [0, 0.1) is 0 Å². The van der Waals surface area contributed by atoms with Crippen LogP contribution in [-0.2, 0) is 32.1 Å². The molecule has 0 aliphatic carbocycles. The molecule has 2 atom stereocenters. The molecule has 1 saturated heterocycles. The summed E-state index contributed by atoms with van der Waals surface area (Å²) >= 11 is 0. The van der Waals surface area contributed by atoms with Crippen LogP contribution in [-0.4, -0.2) is 55.0 Å². The molecule has 0 saturated carbocycles. The average Bonchev–Trinajstić information content (AvgIpc) is 3.00. The molecule has 1 aliphatic rings. The molecule has 0 unspecified atom stereocenters. The molecule has 1 N–H and O–H groups in total. The zero-order valence-corrected chi connectivity index (χ0v) is 27.9. The molecule has 1 aromatic heterocycles. The number of unbranched alkanes of at least 4 members (excludes halogenated alkanes) is 15. The number of nitrogens with zero attached hydrogens (tertiary/aromatic N) is 2. The van der Waals surface area contributed by atoms with Gasteiger partial charge in [-0.15, -0.1) is 0 Å². The van der Waals surface area contributed by atoms with Crippen LogP contribution in [0.5, 0.6) is 0 Å². The Kier molecular flexibility index (Phi) is 20.2. The Morgan fingerprint density at radius 1 is 0.818 bits per heavy atom. The summed E-state index contributed by atoms with van der Waals surface area (Å²) in [5, 5.41) is 2.81. The number of amides is 3. The summed E-state index contributed by atoms with van der Waals surface area (Å²) in [7, 11) is 0. The Morgan fingerprint density at radius 3 is 1.86 bits per heavy atom. The normalized spacial score (nSPS) is 15.8. The third-order valence-electron chi connectivity index (χ3n) is 8.30. The van der Waals surface area contributed by atoms with Gasteiger partial charge in [-0.25, -0.2) is 19.1 Å². The minimum Gasteiger partial charge on any atom is -0.447 e. The second-order valence-corrected chi connectivity index (χ2v) is 12.1. The number of aromatic nitrogens is 1. The first-order valence-electron chi connectivity index (χ1n) is 17.4. The van der Waals surface area contributed by atoms with Crippen LogP contribution in [0.25, 0.3) is 0 Å². The number of ether oxygens (including phenoxy) is 3. The smallest absolute Gasteiger partial charge is 0.417 e. The second-order valence-electron chi connectivity index (χ2n) is 12.1. The van der Waals surface area contributed by atoms with E-state index in [4.69, 9.17) is 14.2 Å². The fraction of sp³-hybridized carbons (Fsp3) is 0.771. The van der Waals surface area contributed by atoms with Gasteiger partial charge in [-0.05, 0) is 13.3 Å². The van der Waals surface area contributed by atoms with Crippen molar-refractivity contribution in [3.05, 3.63) is 30.1 Å². The lowest BCUT2D eigenvalue weighted by atomic mass is 10.0. The summed E-state index contributed by atoms with van der Waals surface area (Å²) in [6, 6.07) is 5.66. The molecule has 9 heteroatoms. The van der Waals surface area contributed by atoms with Crippen LogP contribution in [0.1, 0.15) is 136 Å². The van der Waals surface area contributed by atoms with Gasteiger partial charge in [0.15, 0.2) is 6.20 Å². The van der Waals surface area contributed by atoms with E-state index in [-0.39, 0.29) is 37.9 Å². The van der Waals surface area contributed by atoms with E-state index in [9.17, 15) is 14.4 Å². The molecule has 3 amide bonds. The molecule has 2 heterocycles. The lowest BCUT2D eigenvalue weighted by Crippen LogP contribution is -2.46. The standard InChI is InChI=1S/C35H59N3O6/c1-4-6-7-8-9-10-11-12-13-14-15-16-17-18-19-21-24-36-34(40)42-28-32-26-33(44-32)29-43-35(41)38(30(3)39)27-31-23-20-22-25-37(31)5-2/h20,22-23,25,32-33H,4-19,21,24,26-29H2,1-3H3/p+1/t32-,33+/m0/s1. The van der Waals surface area contributed by atoms with E-state index in [1.807, 2.05) is 35.9 Å². The largest absolute Gasteiger partial charge is 0.447 e. The molecular weight excluding hydrogens is 558 g/mol. The van der Waals surface area contributed by atoms with E-state index in [1.54, 1.807) is 0 Å². The Labute approximate surface area is 266 Å². The van der Waals surface area contributed by atoms with E-state index in [1.165, 1.54) is 96.8 Å². The summed E-state index contributed by atoms with van der Waals surface area (Å²) < 4.78 is 18.3. The SMILES string of the molecule is CCCCCCCCCCCCCCCCCCNC(=O)OC[C@@H]1C[C@H](COC(=O)N(Cc2cccc[n+]2CC)C(C)=O)O1. The quantitative estimate of drug-likeness (QED) is 0.0945. The van der Waals surface area contributed by atoms with Crippen molar-refractivity contribution in [2.45, 2.75) is 155 Å². The van der Waals surface area contributed by atoms with Gasteiger partial charge >= 0.3 is 12.2 Å². The minimum atomic E-state index is -0.694. The average molecular weight is 619 g/mol. The van der Waals surface area contributed by atoms with Crippen molar-refractivity contribution < 1.29 is 33.2 Å². The molecule has 0 spiro atoms. The van der Waals surface area contributed by atoms with Crippen molar-refractivity contribution in [1.29, 1.82) is 0 Å². The highest BCUT2D eigenvalue weighted by atomic mass is 16.6. The zero-order chi connectivity index (χ0) is 31.8. The third-order valence-corrected chi connectivity index (χ3v) is 8.30. The van der Waals surface area contributed by atoms with E-state index in [0.717, 1.165) is 30.0 Å². The van der Waals surface area contributed by atoms with Crippen molar-refractivity contribution in [3.63, 3.8) is 0 Å². The van der Waals surface area contributed by atoms with Crippen molar-refractivity contribution >= 4 is 18.1 Å². The Hall–Kier alpha value is -2.68. The molecule has 1 fully saturated rings. The molecule has 9 nitrogen and oxygen atoms in total. The van der Waals surface area contributed by atoms with Crippen LogP contribution in [0.15, 0.2) is 24.4 Å². The zero-order valence-electron chi connectivity index (χ0n) is 27.9. The number of carbonyl (C=O) groups is 3.